The van der Waals surface area contributed by atoms with Crippen molar-refractivity contribution in [3.8, 4) is 5.75 Å². The number of hydrogen-bond acceptors (Lipinski definition) is 4. The summed E-state index contributed by atoms with van der Waals surface area (Å²) in [5.74, 6) is 2.23. The number of benzene rings is 1. The lowest BCUT2D eigenvalue weighted by atomic mass is 10.2. The van der Waals surface area contributed by atoms with Crippen LogP contribution in [-0.2, 0) is 16.1 Å². The highest BCUT2D eigenvalue weighted by Crippen LogP contribution is 2.30. The fourth-order valence-electron chi connectivity index (χ4n) is 2.45. The minimum absolute atomic E-state index is 0. The Bertz CT molecular complexity index is 592. The molecule has 1 aliphatic carbocycles. The third kappa shape index (κ3) is 9.83. The maximum atomic E-state index is 11.4. The van der Waals surface area contributed by atoms with Crippen LogP contribution in [0.1, 0.15) is 45.1 Å². The number of ether oxygens (including phenoxy) is 2. The molecule has 2 rings (SSSR count). The monoisotopic (exact) mass is 489 g/mol. The van der Waals surface area contributed by atoms with Gasteiger partial charge in [0.15, 0.2) is 5.96 Å². The van der Waals surface area contributed by atoms with E-state index in [9.17, 15) is 4.79 Å². The van der Waals surface area contributed by atoms with Gasteiger partial charge in [0.2, 0.25) is 0 Å². The van der Waals surface area contributed by atoms with Crippen LogP contribution in [0.5, 0.6) is 5.75 Å². The molecule has 0 amide bonds. The summed E-state index contributed by atoms with van der Waals surface area (Å²) in [6.45, 7) is 7.08. The lowest BCUT2D eigenvalue weighted by molar-refractivity contribution is -0.143. The van der Waals surface area contributed by atoms with Gasteiger partial charge in [-0.1, -0.05) is 18.2 Å². The van der Waals surface area contributed by atoms with Crippen LogP contribution < -0.4 is 15.4 Å². The fourth-order valence-corrected chi connectivity index (χ4v) is 2.45. The van der Waals surface area contributed by atoms with Crippen LogP contribution in [0.3, 0.4) is 0 Å². The smallest absolute Gasteiger partial charge is 0.305 e. The number of halogens is 1. The van der Waals surface area contributed by atoms with E-state index in [0.29, 0.717) is 32.5 Å². The van der Waals surface area contributed by atoms with Gasteiger partial charge in [-0.2, -0.15) is 0 Å². The van der Waals surface area contributed by atoms with E-state index in [2.05, 4.69) is 21.7 Å². The van der Waals surface area contributed by atoms with Gasteiger partial charge in [-0.25, -0.2) is 4.99 Å². The summed E-state index contributed by atoms with van der Waals surface area (Å²) in [6.07, 6.45) is 3.68. The lowest BCUT2D eigenvalue weighted by Crippen LogP contribution is -2.37. The molecule has 1 saturated carbocycles. The van der Waals surface area contributed by atoms with Crippen LogP contribution in [0.25, 0.3) is 0 Å². The van der Waals surface area contributed by atoms with Crippen molar-refractivity contribution < 1.29 is 14.3 Å². The quantitative estimate of drug-likeness (QED) is 0.164. The fraction of sp³-hybridized carbons (Fsp3) is 0.600. The number of para-hydroxylation sites is 1. The molecule has 1 fully saturated rings. The van der Waals surface area contributed by atoms with E-state index in [1.807, 2.05) is 32.0 Å². The Hall–Kier alpha value is -1.51. The number of esters is 1. The zero-order valence-corrected chi connectivity index (χ0v) is 18.7. The zero-order chi connectivity index (χ0) is 18.6. The van der Waals surface area contributed by atoms with Gasteiger partial charge in [-0.05, 0) is 45.1 Å². The molecule has 1 aliphatic rings. The molecule has 0 bridgehead atoms. The van der Waals surface area contributed by atoms with Gasteiger partial charge < -0.3 is 20.1 Å². The number of carbonyl (C=O) groups is 1. The van der Waals surface area contributed by atoms with Crippen LogP contribution in [0, 0.1) is 5.92 Å². The Balaban J connectivity index is 0.00000364. The second kappa shape index (κ2) is 13.6. The SMILES string of the molecule is CCNC(=NCc1ccccc1OCC1CC1)NCCCC(=O)OCC.I. The average Bonchev–Trinajstić information content (AvgIpc) is 3.47. The zero-order valence-electron chi connectivity index (χ0n) is 16.3. The predicted octanol–water partition coefficient (Wildman–Crippen LogP) is 3.49. The molecule has 27 heavy (non-hydrogen) atoms. The van der Waals surface area contributed by atoms with Gasteiger partial charge in [0.1, 0.15) is 5.75 Å². The summed E-state index contributed by atoms with van der Waals surface area (Å²) in [5, 5.41) is 6.49. The van der Waals surface area contributed by atoms with Crippen molar-refractivity contribution in [2.24, 2.45) is 10.9 Å². The van der Waals surface area contributed by atoms with Gasteiger partial charge in [0.05, 0.1) is 19.8 Å². The van der Waals surface area contributed by atoms with Crippen molar-refractivity contribution in [3.63, 3.8) is 0 Å². The van der Waals surface area contributed by atoms with Crippen molar-refractivity contribution in [1.82, 2.24) is 10.6 Å². The maximum absolute atomic E-state index is 11.4. The van der Waals surface area contributed by atoms with Crippen molar-refractivity contribution in [1.29, 1.82) is 0 Å². The lowest BCUT2D eigenvalue weighted by Gasteiger charge is -2.13. The standard InChI is InChI=1S/C20H31N3O3.HI/c1-3-21-20(22-13-7-10-19(24)25-4-2)23-14-17-8-5-6-9-18(17)26-15-16-11-12-16;/h5-6,8-9,16H,3-4,7,10-15H2,1-2H3,(H2,21,22,23);1H. The second-order valence-corrected chi connectivity index (χ2v) is 6.39. The highest BCUT2D eigenvalue weighted by atomic mass is 127. The van der Waals surface area contributed by atoms with Crippen LogP contribution in [-0.4, -0.2) is 38.2 Å². The molecule has 1 aromatic rings. The molecular formula is C20H32IN3O3. The first-order chi connectivity index (χ1) is 12.7. The number of nitrogens with one attached hydrogen (secondary N) is 2. The van der Waals surface area contributed by atoms with E-state index in [1.54, 1.807) is 0 Å². The highest BCUT2D eigenvalue weighted by molar-refractivity contribution is 14.0. The summed E-state index contributed by atoms with van der Waals surface area (Å²) in [6, 6.07) is 8.06. The third-order valence-corrected chi connectivity index (χ3v) is 4.05. The van der Waals surface area contributed by atoms with E-state index < -0.39 is 0 Å². The van der Waals surface area contributed by atoms with E-state index in [0.717, 1.165) is 36.3 Å². The minimum Gasteiger partial charge on any atom is -0.493 e. The summed E-state index contributed by atoms with van der Waals surface area (Å²) in [7, 11) is 0. The maximum Gasteiger partial charge on any atom is 0.305 e. The molecule has 0 aliphatic heterocycles. The Kier molecular flexibility index (Phi) is 11.9. The molecule has 0 radical (unpaired) electrons. The van der Waals surface area contributed by atoms with Crippen LogP contribution in [0.15, 0.2) is 29.3 Å². The van der Waals surface area contributed by atoms with E-state index in [4.69, 9.17) is 9.47 Å². The summed E-state index contributed by atoms with van der Waals surface area (Å²) in [5.41, 5.74) is 1.08. The van der Waals surface area contributed by atoms with Crippen LogP contribution in [0.4, 0.5) is 0 Å². The van der Waals surface area contributed by atoms with Crippen molar-refractivity contribution >= 4 is 35.9 Å². The molecular weight excluding hydrogens is 457 g/mol. The first kappa shape index (κ1) is 23.5. The number of hydrogen-bond donors (Lipinski definition) is 2. The summed E-state index contributed by atoms with van der Waals surface area (Å²) in [4.78, 5) is 16.0. The molecule has 2 N–H and O–H groups in total. The van der Waals surface area contributed by atoms with Crippen LogP contribution >= 0.6 is 24.0 Å². The van der Waals surface area contributed by atoms with Crippen molar-refractivity contribution in [2.75, 3.05) is 26.3 Å². The van der Waals surface area contributed by atoms with Gasteiger partial charge in [0, 0.05) is 25.1 Å². The molecule has 0 aromatic heterocycles. The average molecular weight is 489 g/mol. The van der Waals surface area contributed by atoms with Crippen molar-refractivity contribution in [3.05, 3.63) is 29.8 Å². The predicted molar refractivity (Wildman–Crippen MR) is 119 cm³/mol. The Morgan fingerprint density at radius 3 is 2.70 bits per heavy atom. The number of aliphatic imine (C=N–C) groups is 1. The highest BCUT2D eigenvalue weighted by Gasteiger charge is 2.22. The van der Waals surface area contributed by atoms with E-state index in [1.165, 1.54) is 12.8 Å². The van der Waals surface area contributed by atoms with Crippen LogP contribution in [0.2, 0.25) is 0 Å². The molecule has 0 unspecified atom stereocenters. The first-order valence-electron chi connectivity index (χ1n) is 9.61. The van der Waals surface area contributed by atoms with E-state index >= 15 is 0 Å². The topological polar surface area (TPSA) is 72.0 Å². The van der Waals surface area contributed by atoms with E-state index in [-0.39, 0.29) is 29.9 Å². The minimum atomic E-state index is -0.155. The van der Waals surface area contributed by atoms with Gasteiger partial charge in [-0.3, -0.25) is 4.79 Å². The van der Waals surface area contributed by atoms with Crippen molar-refractivity contribution in [2.45, 2.75) is 46.1 Å². The number of guanidine groups is 1. The Morgan fingerprint density at radius 1 is 1.22 bits per heavy atom. The van der Waals surface area contributed by atoms with Gasteiger partial charge >= 0.3 is 5.97 Å². The number of rotatable bonds is 11. The Morgan fingerprint density at radius 2 is 2.00 bits per heavy atom. The molecule has 0 heterocycles. The van der Waals surface area contributed by atoms with Gasteiger partial charge in [-0.15, -0.1) is 24.0 Å². The largest absolute Gasteiger partial charge is 0.493 e. The molecule has 6 nitrogen and oxygen atoms in total. The number of nitrogens with zero attached hydrogens (tertiary/aromatic N) is 1. The molecule has 152 valence electrons. The molecule has 1 aromatic carbocycles. The third-order valence-electron chi connectivity index (χ3n) is 4.05. The Labute approximate surface area is 179 Å². The van der Waals surface area contributed by atoms with Gasteiger partial charge in [0.25, 0.3) is 0 Å². The normalized spacial score (nSPS) is 13.5. The number of carbonyl (C=O) groups excluding carboxylic acids is 1. The molecule has 0 spiro atoms. The molecule has 0 saturated heterocycles. The first-order valence-corrected chi connectivity index (χ1v) is 9.61. The second-order valence-electron chi connectivity index (χ2n) is 6.39. The summed E-state index contributed by atoms with van der Waals surface area (Å²) >= 11 is 0. The molecule has 0 atom stereocenters. The molecule has 7 heteroatoms. The summed E-state index contributed by atoms with van der Waals surface area (Å²) < 4.78 is 10.9.